The van der Waals surface area contributed by atoms with Crippen LogP contribution in [0.15, 0.2) is 12.1 Å². The summed E-state index contributed by atoms with van der Waals surface area (Å²) in [6.45, 7) is 6.11. The minimum absolute atomic E-state index is 0.126. The highest BCUT2D eigenvalue weighted by atomic mass is 16.5. The van der Waals surface area contributed by atoms with Gasteiger partial charge in [0.15, 0.2) is 11.5 Å². The second-order valence-corrected chi connectivity index (χ2v) is 6.60. The van der Waals surface area contributed by atoms with Crippen LogP contribution in [-0.2, 0) is 9.53 Å². The van der Waals surface area contributed by atoms with E-state index in [1.165, 1.54) is 21.3 Å². The first-order chi connectivity index (χ1) is 13.5. The van der Waals surface area contributed by atoms with E-state index in [9.17, 15) is 9.59 Å². The van der Waals surface area contributed by atoms with Crippen LogP contribution in [0.25, 0.3) is 0 Å². The fourth-order valence-corrected chi connectivity index (χ4v) is 3.24. The smallest absolute Gasteiger partial charge is 0.338 e. The van der Waals surface area contributed by atoms with E-state index in [0.29, 0.717) is 29.4 Å². The van der Waals surface area contributed by atoms with Gasteiger partial charge < -0.3 is 28.7 Å². The maximum Gasteiger partial charge on any atom is 0.338 e. The number of rotatable bonds is 8. The molecule has 0 N–H and O–H groups in total. The summed E-state index contributed by atoms with van der Waals surface area (Å²) in [7, 11) is 4.51. The Morgan fingerprint density at radius 1 is 0.964 bits per heavy atom. The molecule has 1 aliphatic heterocycles. The Bertz CT molecular complexity index is 654. The number of hydrogen-bond acceptors (Lipinski definition) is 7. The molecule has 1 aromatic carbocycles. The third-order valence-electron chi connectivity index (χ3n) is 4.79. The van der Waals surface area contributed by atoms with Crippen LogP contribution in [0, 0.1) is 0 Å². The molecule has 0 unspecified atom stereocenters. The largest absolute Gasteiger partial charge is 0.493 e. The van der Waals surface area contributed by atoms with Gasteiger partial charge in [0, 0.05) is 33.1 Å². The summed E-state index contributed by atoms with van der Waals surface area (Å²) in [5.41, 5.74) is 0.348. The normalized spacial score (nSPS) is 14.9. The predicted molar refractivity (Wildman–Crippen MR) is 104 cm³/mol. The molecule has 0 bridgehead atoms. The summed E-state index contributed by atoms with van der Waals surface area (Å²) in [6.07, 6.45) is 1.70. The van der Waals surface area contributed by atoms with E-state index in [1.54, 1.807) is 19.1 Å². The number of ether oxygens (including phenoxy) is 4. The minimum atomic E-state index is -0.433. The monoisotopic (exact) mass is 394 g/mol. The van der Waals surface area contributed by atoms with E-state index in [-0.39, 0.29) is 5.91 Å². The molecule has 1 aliphatic rings. The predicted octanol–water partition coefficient (Wildman–Crippen LogP) is 1.81. The van der Waals surface area contributed by atoms with Crippen molar-refractivity contribution in [2.24, 2.45) is 0 Å². The Kier molecular flexibility index (Phi) is 8.38. The van der Waals surface area contributed by atoms with Gasteiger partial charge in [-0.15, -0.1) is 0 Å². The molecule has 1 saturated heterocycles. The fraction of sp³-hybridized carbons (Fsp3) is 0.600. The molecular weight excluding hydrogens is 364 g/mol. The average molecular weight is 394 g/mol. The second-order valence-electron chi connectivity index (χ2n) is 6.60. The van der Waals surface area contributed by atoms with Crippen molar-refractivity contribution >= 4 is 11.9 Å². The molecule has 0 spiro atoms. The third kappa shape index (κ3) is 5.76. The first-order valence-electron chi connectivity index (χ1n) is 9.45. The molecule has 0 aliphatic carbocycles. The lowest BCUT2D eigenvalue weighted by Crippen LogP contribution is -2.34. The van der Waals surface area contributed by atoms with Gasteiger partial charge in [-0.25, -0.2) is 4.79 Å². The molecule has 0 aromatic heterocycles. The molecule has 0 saturated carbocycles. The molecule has 1 heterocycles. The van der Waals surface area contributed by atoms with E-state index in [0.717, 1.165) is 45.6 Å². The van der Waals surface area contributed by atoms with Crippen molar-refractivity contribution in [2.75, 3.05) is 60.7 Å². The highest BCUT2D eigenvalue weighted by Gasteiger charge is 2.19. The summed E-state index contributed by atoms with van der Waals surface area (Å²) < 4.78 is 21.2. The Morgan fingerprint density at radius 2 is 1.64 bits per heavy atom. The van der Waals surface area contributed by atoms with Gasteiger partial charge in [-0.2, -0.15) is 0 Å². The van der Waals surface area contributed by atoms with Crippen LogP contribution >= 0.6 is 0 Å². The maximum atomic E-state index is 12.4. The molecule has 8 nitrogen and oxygen atoms in total. The number of benzene rings is 1. The van der Waals surface area contributed by atoms with E-state index in [1.807, 2.05) is 4.90 Å². The van der Waals surface area contributed by atoms with Crippen molar-refractivity contribution in [2.45, 2.75) is 19.8 Å². The molecule has 0 radical (unpaired) electrons. The lowest BCUT2D eigenvalue weighted by Gasteiger charge is -2.21. The lowest BCUT2D eigenvalue weighted by atomic mass is 10.2. The lowest BCUT2D eigenvalue weighted by molar-refractivity contribution is -0.128. The van der Waals surface area contributed by atoms with Crippen molar-refractivity contribution in [3.63, 3.8) is 0 Å². The molecule has 0 atom stereocenters. The van der Waals surface area contributed by atoms with Crippen LogP contribution in [0.1, 0.15) is 30.1 Å². The van der Waals surface area contributed by atoms with Crippen molar-refractivity contribution in [3.05, 3.63) is 17.7 Å². The number of methoxy groups -OCH3 is 3. The Hall–Kier alpha value is -2.48. The second kappa shape index (κ2) is 10.8. The van der Waals surface area contributed by atoms with Gasteiger partial charge in [0.2, 0.25) is 11.7 Å². The van der Waals surface area contributed by atoms with Crippen LogP contribution in [-0.4, -0.2) is 82.3 Å². The van der Waals surface area contributed by atoms with Crippen LogP contribution in [0.3, 0.4) is 0 Å². The molecule has 8 heteroatoms. The third-order valence-corrected chi connectivity index (χ3v) is 4.79. The molecule has 2 rings (SSSR count). The molecule has 156 valence electrons. The quantitative estimate of drug-likeness (QED) is 0.492. The zero-order chi connectivity index (χ0) is 20.5. The molecular formula is C20H30N2O6. The van der Waals surface area contributed by atoms with Gasteiger partial charge in [0.1, 0.15) is 0 Å². The fourth-order valence-electron chi connectivity index (χ4n) is 3.24. The highest BCUT2D eigenvalue weighted by Crippen LogP contribution is 2.38. The van der Waals surface area contributed by atoms with E-state index in [2.05, 4.69) is 4.90 Å². The SMILES string of the molecule is COc1cc(C(=O)OCCCN2CCCN(C(C)=O)CC2)cc(OC)c1OC. The number of nitrogens with zero attached hydrogens (tertiary/aromatic N) is 2. The molecule has 28 heavy (non-hydrogen) atoms. The summed E-state index contributed by atoms with van der Waals surface area (Å²) >= 11 is 0. The number of amides is 1. The van der Waals surface area contributed by atoms with Gasteiger partial charge in [0.25, 0.3) is 0 Å². The van der Waals surface area contributed by atoms with Crippen molar-refractivity contribution < 1.29 is 28.5 Å². The summed E-state index contributed by atoms with van der Waals surface area (Å²) in [6, 6.07) is 3.16. The van der Waals surface area contributed by atoms with Crippen LogP contribution in [0.2, 0.25) is 0 Å². The van der Waals surface area contributed by atoms with Crippen LogP contribution < -0.4 is 14.2 Å². The number of carbonyl (C=O) groups is 2. The zero-order valence-electron chi connectivity index (χ0n) is 17.2. The van der Waals surface area contributed by atoms with Gasteiger partial charge in [-0.05, 0) is 31.5 Å². The average Bonchev–Trinajstić information content (AvgIpc) is 2.95. The van der Waals surface area contributed by atoms with Crippen molar-refractivity contribution in [3.8, 4) is 17.2 Å². The van der Waals surface area contributed by atoms with Crippen LogP contribution in [0.4, 0.5) is 0 Å². The number of esters is 1. The Labute approximate surface area is 166 Å². The van der Waals surface area contributed by atoms with Crippen molar-refractivity contribution in [1.29, 1.82) is 0 Å². The summed E-state index contributed by atoms with van der Waals surface area (Å²) in [5.74, 6) is 0.947. The van der Waals surface area contributed by atoms with Gasteiger partial charge in [-0.3, -0.25) is 4.79 Å². The van der Waals surface area contributed by atoms with E-state index in [4.69, 9.17) is 18.9 Å². The highest BCUT2D eigenvalue weighted by molar-refractivity contribution is 5.91. The zero-order valence-corrected chi connectivity index (χ0v) is 17.2. The Morgan fingerprint density at radius 3 is 2.21 bits per heavy atom. The van der Waals surface area contributed by atoms with Gasteiger partial charge >= 0.3 is 5.97 Å². The Balaban J connectivity index is 1.83. The molecule has 1 amide bonds. The van der Waals surface area contributed by atoms with Crippen LogP contribution in [0.5, 0.6) is 17.2 Å². The van der Waals surface area contributed by atoms with Crippen molar-refractivity contribution in [1.82, 2.24) is 9.80 Å². The minimum Gasteiger partial charge on any atom is -0.493 e. The first-order valence-corrected chi connectivity index (χ1v) is 9.45. The topological polar surface area (TPSA) is 77.5 Å². The van der Waals surface area contributed by atoms with E-state index >= 15 is 0 Å². The van der Waals surface area contributed by atoms with E-state index < -0.39 is 5.97 Å². The number of carbonyl (C=O) groups excluding carboxylic acids is 2. The standard InChI is InChI=1S/C20H30N2O6/c1-15(23)22-9-5-7-21(10-11-22)8-6-12-28-20(24)16-13-17(25-2)19(27-4)18(14-16)26-3/h13-14H,5-12H2,1-4H3. The molecule has 1 aromatic rings. The number of hydrogen-bond donors (Lipinski definition) is 0. The molecule has 1 fully saturated rings. The van der Waals surface area contributed by atoms with Gasteiger partial charge in [0.05, 0.1) is 33.5 Å². The first kappa shape index (κ1) is 21.8. The maximum absolute atomic E-state index is 12.4. The van der Waals surface area contributed by atoms with Gasteiger partial charge in [-0.1, -0.05) is 0 Å². The summed E-state index contributed by atoms with van der Waals surface area (Å²) in [5, 5.41) is 0. The summed E-state index contributed by atoms with van der Waals surface area (Å²) in [4.78, 5) is 28.0.